The fourth-order valence-corrected chi connectivity index (χ4v) is 3.53. The molecule has 0 spiro atoms. The summed E-state index contributed by atoms with van der Waals surface area (Å²) in [7, 11) is -3.82. The lowest BCUT2D eigenvalue weighted by Gasteiger charge is -2.10. The number of nitrogens with one attached hydrogen (secondary N) is 2. The Kier molecular flexibility index (Phi) is 5.23. The van der Waals surface area contributed by atoms with Gasteiger partial charge in [0.2, 0.25) is 0 Å². The quantitative estimate of drug-likeness (QED) is 0.693. The molecule has 5 nitrogen and oxygen atoms in total. The van der Waals surface area contributed by atoms with E-state index in [9.17, 15) is 17.6 Å². The van der Waals surface area contributed by atoms with E-state index in [1.165, 1.54) is 24.3 Å². The van der Waals surface area contributed by atoms with Crippen molar-refractivity contribution in [3.05, 3.63) is 89.7 Å². The standard InChI is InChI=1S/C20H17FN2O3S/c1-14-4-2-3-5-19(14)20(24)22-16-8-10-17(11-9-16)23-27(25,26)18-12-6-15(21)7-13-18/h2-13,23H,1H3,(H,22,24). The van der Waals surface area contributed by atoms with Crippen molar-refractivity contribution in [1.82, 2.24) is 0 Å². The molecule has 0 aliphatic carbocycles. The Bertz CT molecular complexity index is 1060. The summed E-state index contributed by atoms with van der Waals surface area (Å²) in [6, 6.07) is 18.0. The van der Waals surface area contributed by atoms with Crippen LogP contribution in [0.15, 0.2) is 77.7 Å². The Morgan fingerprint density at radius 2 is 1.44 bits per heavy atom. The predicted octanol–water partition coefficient (Wildman–Crippen LogP) is 4.19. The number of aryl methyl sites for hydroxylation is 1. The van der Waals surface area contributed by atoms with Gasteiger partial charge < -0.3 is 5.32 Å². The molecular formula is C20H17FN2O3S. The molecule has 27 heavy (non-hydrogen) atoms. The summed E-state index contributed by atoms with van der Waals surface area (Å²) in [5.41, 5.74) is 2.29. The van der Waals surface area contributed by atoms with Crippen molar-refractivity contribution in [2.75, 3.05) is 10.0 Å². The van der Waals surface area contributed by atoms with Gasteiger partial charge in [0.15, 0.2) is 0 Å². The minimum absolute atomic E-state index is 0.0409. The van der Waals surface area contributed by atoms with Crippen LogP contribution in [0.3, 0.4) is 0 Å². The second-order valence-electron chi connectivity index (χ2n) is 5.91. The molecule has 0 heterocycles. The largest absolute Gasteiger partial charge is 0.322 e. The van der Waals surface area contributed by atoms with Crippen molar-refractivity contribution in [1.29, 1.82) is 0 Å². The minimum atomic E-state index is -3.82. The lowest BCUT2D eigenvalue weighted by atomic mass is 10.1. The minimum Gasteiger partial charge on any atom is -0.322 e. The molecule has 0 saturated carbocycles. The van der Waals surface area contributed by atoms with Gasteiger partial charge in [0.25, 0.3) is 15.9 Å². The first-order valence-electron chi connectivity index (χ1n) is 8.10. The molecule has 0 radical (unpaired) electrons. The number of benzene rings is 3. The van der Waals surface area contributed by atoms with E-state index in [0.29, 0.717) is 16.9 Å². The molecule has 0 fully saturated rings. The van der Waals surface area contributed by atoms with Gasteiger partial charge in [-0.3, -0.25) is 9.52 Å². The van der Waals surface area contributed by atoms with Gasteiger partial charge in [-0.05, 0) is 67.1 Å². The molecule has 1 amide bonds. The number of carbonyl (C=O) groups is 1. The Labute approximate surface area is 156 Å². The van der Waals surface area contributed by atoms with Crippen molar-refractivity contribution >= 4 is 27.3 Å². The smallest absolute Gasteiger partial charge is 0.261 e. The van der Waals surface area contributed by atoms with Crippen molar-refractivity contribution in [2.45, 2.75) is 11.8 Å². The molecule has 0 aliphatic heterocycles. The van der Waals surface area contributed by atoms with Crippen LogP contribution in [-0.4, -0.2) is 14.3 Å². The zero-order valence-corrected chi connectivity index (χ0v) is 15.3. The third-order valence-corrected chi connectivity index (χ3v) is 5.31. The lowest BCUT2D eigenvalue weighted by molar-refractivity contribution is 0.102. The van der Waals surface area contributed by atoms with Crippen LogP contribution in [0.25, 0.3) is 0 Å². The normalized spacial score (nSPS) is 11.0. The number of sulfonamides is 1. The van der Waals surface area contributed by atoms with Gasteiger partial charge in [-0.25, -0.2) is 12.8 Å². The summed E-state index contributed by atoms with van der Waals surface area (Å²) in [6.45, 7) is 1.85. The van der Waals surface area contributed by atoms with E-state index in [1.54, 1.807) is 24.3 Å². The van der Waals surface area contributed by atoms with Gasteiger partial charge in [-0.15, -0.1) is 0 Å². The second kappa shape index (κ2) is 7.59. The topological polar surface area (TPSA) is 75.3 Å². The highest BCUT2D eigenvalue weighted by Gasteiger charge is 2.14. The van der Waals surface area contributed by atoms with Gasteiger partial charge >= 0.3 is 0 Å². The van der Waals surface area contributed by atoms with E-state index in [4.69, 9.17) is 0 Å². The second-order valence-corrected chi connectivity index (χ2v) is 7.59. The van der Waals surface area contributed by atoms with Gasteiger partial charge in [-0.1, -0.05) is 18.2 Å². The van der Waals surface area contributed by atoms with Crippen LogP contribution in [0.1, 0.15) is 15.9 Å². The fourth-order valence-electron chi connectivity index (χ4n) is 2.48. The summed E-state index contributed by atoms with van der Waals surface area (Å²) in [4.78, 5) is 12.3. The highest BCUT2D eigenvalue weighted by atomic mass is 32.2. The number of hydrogen-bond donors (Lipinski definition) is 2. The average Bonchev–Trinajstić information content (AvgIpc) is 2.64. The van der Waals surface area contributed by atoms with Crippen molar-refractivity contribution in [3.63, 3.8) is 0 Å². The maximum Gasteiger partial charge on any atom is 0.261 e. The van der Waals surface area contributed by atoms with Crippen LogP contribution in [-0.2, 0) is 10.0 Å². The van der Waals surface area contributed by atoms with E-state index >= 15 is 0 Å². The van der Waals surface area contributed by atoms with E-state index < -0.39 is 15.8 Å². The van der Waals surface area contributed by atoms with Crippen LogP contribution in [0.4, 0.5) is 15.8 Å². The molecular weight excluding hydrogens is 367 g/mol. The summed E-state index contributed by atoms with van der Waals surface area (Å²) < 4.78 is 40.0. The Balaban J connectivity index is 1.71. The number of rotatable bonds is 5. The number of anilines is 2. The van der Waals surface area contributed by atoms with Crippen LogP contribution >= 0.6 is 0 Å². The van der Waals surface area contributed by atoms with E-state index in [0.717, 1.165) is 17.7 Å². The molecule has 0 unspecified atom stereocenters. The highest BCUT2D eigenvalue weighted by Crippen LogP contribution is 2.19. The monoisotopic (exact) mass is 384 g/mol. The SMILES string of the molecule is Cc1ccccc1C(=O)Nc1ccc(NS(=O)(=O)c2ccc(F)cc2)cc1. The molecule has 2 N–H and O–H groups in total. The maximum absolute atomic E-state index is 12.9. The summed E-state index contributed by atoms with van der Waals surface area (Å²) in [6.07, 6.45) is 0. The predicted molar refractivity (Wildman–Crippen MR) is 103 cm³/mol. The maximum atomic E-state index is 12.9. The first-order chi connectivity index (χ1) is 12.8. The molecule has 0 aromatic heterocycles. The molecule has 138 valence electrons. The zero-order chi connectivity index (χ0) is 19.4. The molecule has 3 aromatic carbocycles. The van der Waals surface area contributed by atoms with Crippen LogP contribution < -0.4 is 10.0 Å². The average molecular weight is 384 g/mol. The van der Waals surface area contributed by atoms with Crippen LogP contribution in [0, 0.1) is 12.7 Å². The van der Waals surface area contributed by atoms with E-state index in [2.05, 4.69) is 10.0 Å². The van der Waals surface area contributed by atoms with E-state index in [-0.39, 0.29) is 10.8 Å². The van der Waals surface area contributed by atoms with E-state index in [1.807, 2.05) is 19.1 Å². The Hall–Kier alpha value is -3.19. The molecule has 7 heteroatoms. The third-order valence-electron chi connectivity index (χ3n) is 3.91. The van der Waals surface area contributed by atoms with Gasteiger partial charge in [0.1, 0.15) is 5.82 Å². The van der Waals surface area contributed by atoms with Crippen LogP contribution in [0.2, 0.25) is 0 Å². The van der Waals surface area contributed by atoms with Crippen molar-refractivity contribution in [2.24, 2.45) is 0 Å². The molecule has 3 aromatic rings. The molecule has 0 aliphatic rings. The van der Waals surface area contributed by atoms with Gasteiger partial charge in [-0.2, -0.15) is 0 Å². The van der Waals surface area contributed by atoms with Crippen LogP contribution in [0.5, 0.6) is 0 Å². The van der Waals surface area contributed by atoms with Gasteiger partial charge in [0.05, 0.1) is 4.90 Å². The van der Waals surface area contributed by atoms with Crippen molar-refractivity contribution in [3.8, 4) is 0 Å². The number of carbonyl (C=O) groups excluding carboxylic acids is 1. The third kappa shape index (κ3) is 4.51. The number of hydrogen-bond acceptors (Lipinski definition) is 3. The Morgan fingerprint density at radius 3 is 2.07 bits per heavy atom. The summed E-state index contributed by atoms with van der Waals surface area (Å²) in [5, 5.41) is 2.77. The Morgan fingerprint density at radius 1 is 0.852 bits per heavy atom. The first kappa shape index (κ1) is 18.6. The fraction of sp³-hybridized carbons (Fsp3) is 0.0500. The van der Waals surface area contributed by atoms with Crippen molar-refractivity contribution < 1.29 is 17.6 Å². The summed E-state index contributed by atoms with van der Waals surface area (Å²) in [5.74, 6) is -0.754. The zero-order valence-electron chi connectivity index (χ0n) is 14.4. The highest BCUT2D eigenvalue weighted by molar-refractivity contribution is 7.92. The molecule has 0 atom stereocenters. The number of amides is 1. The molecule has 3 rings (SSSR count). The molecule has 0 bridgehead atoms. The number of halogens is 1. The first-order valence-corrected chi connectivity index (χ1v) is 9.59. The molecule has 0 saturated heterocycles. The van der Waals surface area contributed by atoms with Gasteiger partial charge in [0, 0.05) is 16.9 Å². The lowest BCUT2D eigenvalue weighted by Crippen LogP contribution is -2.14. The summed E-state index contributed by atoms with van der Waals surface area (Å²) >= 11 is 0.